The van der Waals surface area contributed by atoms with Crippen LogP contribution in [0.4, 0.5) is 0 Å². The molecule has 0 aliphatic carbocycles. The minimum absolute atomic E-state index is 0.664. The van der Waals surface area contributed by atoms with Crippen LogP contribution in [0.1, 0.15) is 0 Å². The third-order valence-corrected chi connectivity index (χ3v) is 11.3. The molecule has 5 heteroatoms. The molecule has 0 aliphatic heterocycles. The summed E-state index contributed by atoms with van der Waals surface area (Å²) < 4.78 is 7.01. The number of para-hydroxylation sites is 3. The van der Waals surface area contributed by atoms with Gasteiger partial charge in [-0.3, -0.25) is 4.57 Å². The third-order valence-electron chi connectivity index (χ3n) is 10.2. The second-order valence-electron chi connectivity index (χ2n) is 13.0. The van der Waals surface area contributed by atoms with Crippen LogP contribution < -0.4 is 0 Å². The van der Waals surface area contributed by atoms with Crippen molar-refractivity contribution in [2.45, 2.75) is 0 Å². The first-order chi connectivity index (χ1) is 25.3. The Hall–Kier alpha value is -6.56. The van der Waals surface area contributed by atoms with Crippen molar-refractivity contribution in [2.75, 3.05) is 0 Å². The topological polar surface area (TPSA) is 35.6 Å². The predicted octanol–water partition coefficient (Wildman–Crippen LogP) is 12.4. The first kappa shape index (κ1) is 28.3. The van der Waals surface area contributed by atoms with Gasteiger partial charge in [-0.05, 0) is 41.5 Å². The number of aromatic nitrogens is 4. The van der Waals surface area contributed by atoms with Gasteiger partial charge in [-0.25, -0.2) is 9.97 Å². The monoisotopic (exact) mass is 668 g/mol. The normalized spacial score (nSPS) is 11.9. The molecule has 4 heterocycles. The van der Waals surface area contributed by atoms with Gasteiger partial charge in [0.2, 0.25) is 5.95 Å². The molecule has 0 amide bonds. The molecule has 11 rings (SSSR count). The van der Waals surface area contributed by atoms with Gasteiger partial charge in [-0.2, -0.15) is 0 Å². The van der Waals surface area contributed by atoms with Crippen LogP contribution in [0.15, 0.2) is 170 Å². The summed E-state index contributed by atoms with van der Waals surface area (Å²) in [6.07, 6.45) is 0. The summed E-state index contributed by atoms with van der Waals surface area (Å²) >= 11 is 1.76. The summed E-state index contributed by atoms with van der Waals surface area (Å²) in [5, 5.41) is 5.91. The van der Waals surface area contributed by atoms with Crippen molar-refractivity contribution in [1.29, 1.82) is 0 Å². The van der Waals surface area contributed by atoms with Gasteiger partial charge in [0.15, 0.2) is 0 Å². The zero-order valence-electron chi connectivity index (χ0n) is 27.4. The average molecular weight is 669 g/mol. The third kappa shape index (κ3) is 4.19. The zero-order valence-corrected chi connectivity index (χ0v) is 28.2. The minimum atomic E-state index is 0.664. The summed E-state index contributed by atoms with van der Waals surface area (Å²) in [6.45, 7) is 0. The Balaban J connectivity index is 1.28. The van der Waals surface area contributed by atoms with Gasteiger partial charge in [0, 0.05) is 42.9 Å². The first-order valence-corrected chi connectivity index (χ1v) is 18.0. The van der Waals surface area contributed by atoms with E-state index in [1.807, 2.05) is 0 Å². The maximum Gasteiger partial charge on any atom is 0.235 e. The first-order valence-electron chi connectivity index (χ1n) is 17.2. The highest BCUT2D eigenvalue weighted by molar-refractivity contribution is 7.26. The van der Waals surface area contributed by atoms with Gasteiger partial charge < -0.3 is 4.57 Å². The second kappa shape index (κ2) is 11.0. The molecule has 0 spiro atoms. The molecule has 0 atom stereocenters. The maximum atomic E-state index is 5.53. The Morgan fingerprint density at radius 2 is 0.922 bits per heavy atom. The number of fused-ring (bicyclic) bond motifs is 10. The number of benzene rings is 7. The van der Waals surface area contributed by atoms with E-state index in [0.717, 1.165) is 49.1 Å². The Labute approximate surface area is 297 Å². The van der Waals surface area contributed by atoms with Crippen molar-refractivity contribution in [2.24, 2.45) is 0 Å². The highest BCUT2D eigenvalue weighted by Crippen LogP contribution is 2.43. The van der Waals surface area contributed by atoms with Crippen LogP contribution in [0.2, 0.25) is 0 Å². The molecule has 0 unspecified atom stereocenters. The van der Waals surface area contributed by atoms with Gasteiger partial charge in [0.05, 0.1) is 38.0 Å². The molecule has 4 nitrogen and oxygen atoms in total. The standard InChI is InChI=1S/C46H28N4S/c1-3-13-29(14-4-1)30-23-25-31(26-24-30)41-45-42(37-19-9-12-22-40(37)51-45)48-46(47-41)50-39-21-11-8-18-34(39)36-28-27-35-33-17-7-10-20-38(33)49(43(35)44(36)50)32-15-5-2-6-16-32/h1-28H. The van der Waals surface area contributed by atoms with Crippen molar-refractivity contribution in [1.82, 2.24) is 19.1 Å². The maximum absolute atomic E-state index is 5.53. The Kier molecular flexibility index (Phi) is 6.09. The number of hydrogen-bond donors (Lipinski definition) is 0. The fourth-order valence-electron chi connectivity index (χ4n) is 7.88. The van der Waals surface area contributed by atoms with Crippen LogP contribution in [-0.2, 0) is 0 Å². The molecule has 7 aromatic carbocycles. The molecular formula is C46H28N4S. The summed E-state index contributed by atoms with van der Waals surface area (Å²) in [5.74, 6) is 0.664. The van der Waals surface area contributed by atoms with E-state index in [1.165, 1.54) is 42.9 Å². The number of hydrogen-bond acceptors (Lipinski definition) is 3. The van der Waals surface area contributed by atoms with E-state index in [2.05, 4.69) is 179 Å². The SMILES string of the molecule is c1ccc(-c2ccc(-c3nc(-n4c5ccccc5c5ccc6c7ccccc7n(-c7ccccc7)c6c54)nc4c3sc3ccccc34)cc2)cc1. The molecule has 0 saturated carbocycles. The van der Waals surface area contributed by atoms with E-state index in [0.29, 0.717) is 5.95 Å². The van der Waals surface area contributed by atoms with Crippen LogP contribution in [0.5, 0.6) is 0 Å². The number of rotatable bonds is 4. The highest BCUT2D eigenvalue weighted by Gasteiger charge is 2.24. The summed E-state index contributed by atoms with van der Waals surface area (Å²) in [4.78, 5) is 11.0. The molecule has 0 fully saturated rings. The summed E-state index contributed by atoms with van der Waals surface area (Å²) in [7, 11) is 0. The molecule has 4 aromatic heterocycles. The second-order valence-corrected chi connectivity index (χ2v) is 14.0. The lowest BCUT2D eigenvalue weighted by Crippen LogP contribution is -2.04. The van der Waals surface area contributed by atoms with Gasteiger partial charge in [0.25, 0.3) is 0 Å². The summed E-state index contributed by atoms with van der Waals surface area (Å²) in [6, 6.07) is 60.5. The van der Waals surface area contributed by atoms with Crippen molar-refractivity contribution >= 4 is 75.3 Å². The van der Waals surface area contributed by atoms with Crippen LogP contribution in [0, 0.1) is 0 Å². The Morgan fingerprint density at radius 1 is 0.392 bits per heavy atom. The van der Waals surface area contributed by atoms with Crippen LogP contribution in [0.3, 0.4) is 0 Å². The molecule has 11 aromatic rings. The Bertz CT molecular complexity index is 3120. The molecule has 0 saturated heterocycles. The van der Waals surface area contributed by atoms with Crippen LogP contribution >= 0.6 is 11.3 Å². The Morgan fingerprint density at radius 3 is 1.63 bits per heavy atom. The van der Waals surface area contributed by atoms with Crippen molar-refractivity contribution in [3.05, 3.63) is 170 Å². The lowest BCUT2D eigenvalue weighted by molar-refractivity contribution is 1.02. The van der Waals surface area contributed by atoms with E-state index in [9.17, 15) is 0 Å². The fraction of sp³-hybridized carbons (Fsp3) is 0. The molecule has 51 heavy (non-hydrogen) atoms. The van der Waals surface area contributed by atoms with Crippen molar-refractivity contribution < 1.29 is 0 Å². The van der Waals surface area contributed by atoms with E-state index < -0.39 is 0 Å². The lowest BCUT2D eigenvalue weighted by Gasteiger charge is -2.13. The van der Waals surface area contributed by atoms with Crippen molar-refractivity contribution in [3.8, 4) is 34.0 Å². The number of nitrogens with zero attached hydrogens (tertiary/aromatic N) is 4. The molecule has 0 aliphatic rings. The number of thiophene rings is 1. The zero-order chi connectivity index (χ0) is 33.5. The average Bonchev–Trinajstić information content (AvgIpc) is 3.86. The summed E-state index contributed by atoms with van der Waals surface area (Å²) in [5.41, 5.74) is 11.0. The van der Waals surface area contributed by atoms with Gasteiger partial charge in [0.1, 0.15) is 0 Å². The molecule has 0 radical (unpaired) electrons. The fourth-order valence-corrected chi connectivity index (χ4v) is 9.03. The van der Waals surface area contributed by atoms with Gasteiger partial charge >= 0.3 is 0 Å². The smallest absolute Gasteiger partial charge is 0.235 e. The van der Waals surface area contributed by atoms with E-state index in [-0.39, 0.29) is 0 Å². The van der Waals surface area contributed by atoms with Crippen LogP contribution in [0.25, 0.3) is 97.9 Å². The quantitative estimate of drug-likeness (QED) is 0.187. The largest absolute Gasteiger partial charge is 0.307 e. The van der Waals surface area contributed by atoms with Gasteiger partial charge in [-0.1, -0.05) is 140 Å². The minimum Gasteiger partial charge on any atom is -0.307 e. The van der Waals surface area contributed by atoms with Crippen molar-refractivity contribution in [3.63, 3.8) is 0 Å². The van der Waals surface area contributed by atoms with E-state index in [4.69, 9.17) is 9.97 Å². The molecule has 0 bridgehead atoms. The highest BCUT2D eigenvalue weighted by atomic mass is 32.1. The van der Waals surface area contributed by atoms with E-state index in [1.54, 1.807) is 11.3 Å². The van der Waals surface area contributed by atoms with E-state index >= 15 is 0 Å². The van der Waals surface area contributed by atoms with Crippen LogP contribution in [-0.4, -0.2) is 19.1 Å². The molecular weight excluding hydrogens is 641 g/mol. The predicted molar refractivity (Wildman–Crippen MR) is 214 cm³/mol. The lowest BCUT2D eigenvalue weighted by atomic mass is 10.0. The molecule has 0 N–H and O–H groups in total. The molecule has 238 valence electrons. The van der Waals surface area contributed by atoms with Gasteiger partial charge in [-0.15, -0.1) is 11.3 Å².